The zero-order valence-corrected chi connectivity index (χ0v) is 15.8. The summed E-state index contributed by atoms with van der Waals surface area (Å²) in [6, 6.07) is 13.7. The predicted octanol–water partition coefficient (Wildman–Crippen LogP) is 4.96. The number of hydrogen-bond donors (Lipinski definition) is 0. The quantitative estimate of drug-likeness (QED) is 0.639. The van der Waals surface area contributed by atoms with Crippen molar-refractivity contribution in [2.45, 2.75) is 20.8 Å². The first-order chi connectivity index (χ1) is 12.4. The second-order valence-electron chi connectivity index (χ2n) is 6.58. The molecule has 0 bridgehead atoms. The highest BCUT2D eigenvalue weighted by Crippen LogP contribution is 2.30. The number of hydrogen-bond acceptors (Lipinski definition) is 4. The Hall–Kier alpha value is -2.60. The normalized spacial score (nSPS) is 11.0. The Morgan fingerprint density at radius 1 is 1.15 bits per heavy atom. The van der Waals surface area contributed by atoms with E-state index < -0.39 is 0 Å². The summed E-state index contributed by atoms with van der Waals surface area (Å²) in [6.07, 6.45) is 0. The Balaban J connectivity index is 1.93. The second-order valence-corrected chi connectivity index (χ2v) is 7.53. The van der Waals surface area contributed by atoms with Crippen molar-refractivity contribution in [2.24, 2.45) is 5.92 Å². The second kappa shape index (κ2) is 7.74. The highest BCUT2D eigenvalue weighted by Gasteiger charge is 2.23. The number of benzene rings is 2. The lowest BCUT2D eigenvalue weighted by Crippen LogP contribution is -2.34. The van der Waals surface area contributed by atoms with Gasteiger partial charge in [0.2, 0.25) is 5.13 Å². The average Bonchev–Trinajstić information content (AvgIpc) is 3.09. The smallest absolute Gasteiger partial charge is 0.260 e. The van der Waals surface area contributed by atoms with E-state index in [1.165, 1.54) is 23.5 Å². The molecule has 3 rings (SSSR count). The van der Waals surface area contributed by atoms with Crippen molar-refractivity contribution < 1.29 is 9.18 Å². The molecule has 0 fully saturated rings. The summed E-state index contributed by atoms with van der Waals surface area (Å²) in [5.41, 5.74) is 2.36. The van der Waals surface area contributed by atoms with E-state index in [0.717, 1.165) is 5.56 Å². The summed E-state index contributed by atoms with van der Waals surface area (Å²) in [4.78, 5) is 14.6. The molecular weight excluding hydrogens is 349 g/mol. The van der Waals surface area contributed by atoms with Gasteiger partial charge in [-0.05, 0) is 37.1 Å². The number of anilines is 1. The largest absolute Gasteiger partial charge is 0.282 e. The lowest BCUT2D eigenvalue weighted by molar-refractivity contribution is 0.0983. The van der Waals surface area contributed by atoms with Gasteiger partial charge in [0.1, 0.15) is 10.8 Å². The van der Waals surface area contributed by atoms with Gasteiger partial charge in [0.25, 0.3) is 5.91 Å². The van der Waals surface area contributed by atoms with E-state index in [4.69, 9.17) is 0 Å². The highest BCUT2D eigenvalue weighted by molar-refractivity contribution is 7.18. The first-order valence-corrected chi connectivity index (χ1v) is 9.23. The van der Waals surface area contributed by atoms with Gasteiger partial charge >= 0.3 is 0 Å². The molecule has 26 heavy (non-hydrogen) atoms. The minimum Gasteiger partial charge on any atom is -0.282 e. The molecule has 0 aliphatic rings. The van der Waals surface area contributed by atoms with Crippen molar-refractivity contribution in [1.29, 1.82) is 0 Å². The molecule has 1 amide bonds. The molecule has 0 radical (unpaired) electrons. The van der Waals surface area contributed by atoms with Crippen LogP contribution < -0.4 is 4.90 Å². The minimum absolute atomic E-state index is 0.111. The Morgan fingerprint density at radius 3 is 2.54 bits per heavy atom. The van der Waals surface area contributed by atoms with Gasteiger partial charge in [-0.1, -0.05) is 55.0 Å². The van der Waals surface area contributed by atoms with Crippen LogP contribution in [0.5, 0.6) is 0 Å². The van der Waals surface area contributed by atoms with Gasteiger partial charge in [0.15, 0.2) is 0 Å². The SMILES string of the molecule is Cc1ccc(C(=O)N(CC(C)C)c2nnc(-c3cccc(F)c3)s2)cc1. The lowest BCUT2D eigenvalue weighted by atomic mass is 10.1. The molecule has 3 aromatic rings. The van der Waals surface area contributed by atoms with E-state index in [1.807, 2.05) is 45.0 Å². The molecule has 0 spiro atoms. The fourth-order valence-corrected chi connectivity index (χ4v) is 3.38. The van der Waals surface area contributed by atoms with E-state index in [0.29, 0.717) is 27.8 Å². The van der Waals surface area contributed by atoms with Gasteiger partial charge < -0.3 is 0 Å². The zero-order valence-electron chi connectivity index (χ0n) is 14.9. The summed E-state index contributed by atoms with van der Waals surface area (Å²) in [5.74, 6) is -0.166. The molecule has 4 nitrogen and oxygen atoms in total. The third kappa shape index (κ3) is 4.14. The number of carbonyl (C=O) groups is 1. The highest BCUT2D eigenvalue weighted by atomic mass is 32.1. The summed E-state index contributed by atoms with van der Waals surface area (Å²) in [5, 5.41) is 9.45. The monoisotopic (exact) mass is 369 g/mol. The summed E-state index contributed by atoms with van der Waals surface area (Å²) < 4.78 is 13.5. The lowest BCUT2D eigenvalue weighted by Gasteiger charge is -2.21. The molecular formula is C20H20FN3OS. The van der Waals surface area contributed by atoms with Crippen LogP contribution in [0, 0.1) is 18.7 Å². The predicted molar refractivity (Wildman–Crippen MR) is 103 cm³/mol. The van der Waals surface area contributed by atoms with Crippen LogP contribution >= 0.6 is 11.3 Å². The number of aryl methyl sites for hydroxylation is 1. The van der Waals surface area contributed by atoms with Crippen molar-refractivity contribution in [2.75, 3.05) is 11.4 Å². The number of carbonyl (C=O) groups excluding carboxylic acids is 1. The van der Waals surface area contributed by atoms with E-state index in [1.54, 1.807) is 17.0 Å². The molecule has 0 aliphatic heterocycles. The van der Waals surface area contributed by atoms with Gasteiger partial charge in [-0.3, -0.25) is 9.69 Å². The summed E-state index contributed by atoms with van der Waals surface area (Å²) in [6.45, 7) is 6.61. The van der Waals surface area contributed by atoms with Crippen molar-refractivity contribution in [3.63, 3.8) is 0 Å². The van der Waals surface area contributed by atoms with Gasteiger partial charge in [0, 0.05) is 17.7 Å². The summed E-state index contributed by atoms with van der Waals surface area (Å²) >= 11 is 1.29. The minimum atomic E-state index is -0.325. The number of nitrogens with zero attached hydrogens (tertiary/aromatic N) is 3. The summed E-state index contributed by atoms with van der Waals surface area (Å²) in [7, 11) is 0. The van der Waals surface area contributed by atoms with Crippen LogP contribution in [0.4, 0.5) is 9.52 Å². The molecule has 0 atom stereocenters. The fraction of sp³-hybridized carbons (Fsp3) is 0.250. The maximum atomic E-state index is 13.5. The van der Waals surface area contributed by atoms with Crippen molar-refractivity contribution in [1.82, 2.24) is 10.2 Å². The van der Waals surface area contributed by atoms with Crippen LogP contribution in [0.15, 0.2) is 48.5 Å². The maximum absolute atomic E-state index is 13.5. The van der Waals surface area contributed by atoms with Crippen LogP contribution in [0.25, 0.3) is 10.6 Å². The Kier molecular flexibility index (Phi) is 5.42. The Morgan fingerprint density at radius 2 is 1.88 bits per heavy atom. The van der Waals surface area contributed by atoms with Gasteiger partial charge in [-0.15, -0.1) is 10.2 Å². The van der Waals surface area contributed by atoms with Crippen molar-refractivity contribution in [3.05, 3.63) is 65.5 Å². The van der Waals surface area contributed by atoms with Gasteiger partial charge in [0.05, 0.1) is 0 Å². The zero-order chi connectivity index (χ0) is 18.7. The molecule has 6 heteroatoms. The third-order valence-corrected chi connectivity index (χ3v) is 4.80. The first kappa shape index (κ1) is 18.2. The molecule has 1 heterocycles. The average molecular weight is 369 g/mol. The Bertz CT molecular complexity index is 905. The third-order valence-electron chi connectivity index (χ3n) is 3.81. The van der Waals surface area contributed by atoms with E-state index in [9.17, 15) is 9.18 Å². The standard InChI is InChI=1S/C20H20FN3OS/c1-13(2)12-24(19(25)15-9-7-14(3)8-10-15)20-23-22-18(26-20)16-5-4-6-17(21)11-16/h4-11,13H,12H2,1-3H3. The van der Waals surface area contributed by atoms with E-state index in [2.05, 4.69) is 10.2 Å². The number of aromatic nitrogens is 2. The van der Waals surface area contributed by atoms with E-state index >= 15 is 0 Å². The first-order valence-electron chi connectivity index (χ1n) is 8.42. The van der Waals surface area contributed by atoms with Crippen molar-refractivity contribution in [3.8, 4) is 10.6 Å². The van der Waals surface area contributed by atoms with Crippen LogP contribution in [0.3, 0.4) is 0 Å². The number of rotatable bonds is 5. The molecule has 0 N–H and O–H groups in total. The Labute approximate surface area is 156 Å². The molecule has 1 aromatic heterocycles. The topological polar surface area (TPSA) is 46.1 Å². The molecule has 0 saturated heterocycles. The van der Waals surface area contributed by atoms with Crippen molar-refractivity contribution >= 4 is 22.4 Å². The molecule has 134 valence electrons. The number of amides is 1. The van der Waals surface area contributed by atoms with Crippen LogP contribution in [-0.4, -0.2) is 22.6 Å². The van der Waals surface area contributed by atoms with E-state index in [-0.39, 0.29) is 17.6 Å². The molecule has 0 saturated carbocycles. The molecule has 0 unspecified atom stereocenters. The van der Waals surface area contributed by atoms with Gasteiger partial charge in [-0.2, -0.15) is 0 Å². The van der Waals surface area contributed by atoms with Gasteiger partial charge in [-0.25, -0.2) is 4.39 Å². The molecule has 0 aliphatic carbocycles. The fourth-order valence-electron chi connectivity index (χ4n) is 2.53. The van der Waals surface area contributed by atoms with Crippen LogP contribution in [0.2, 0.25) is 0 Å². The van der Waals surface area contributed by atoms with Crippen LogP contribution in [0.1, 0.15) is 29.8 Å². The van der Waals surface area contributed by atoms with Crippen LogP contribution in [-0.2, 0) is 0 Å². The number of halogens is 1. The maximum Gasteiger partial charge on any atom is 0.260 e. The molecule has 2 aromatic carbocycles.